The molecule has 1 N–H and O–H groups in total. The average molecular weight is 404 g/mol. The Hall–Kier alpha value is -2.65. The van der Waals surface area contributed by atoms with Crippen LogP contribution in [0.3, 0.4) is 0 Å². The van der Waals surface area contributed by atoms with Gasteiger partial charge in [0.05, 0.1) is 10.4 Å². The summed E-state index contributed by atoms with van der Waals surface area (Å²) in [5.41, 5.74) is 1.07. The SMILES string of the molecule is O=C1NC(Cc2cn(S(=O)(=O)c3ccc(F)cc3)c3ccccc23)C(=O)S1. The van der Waals surface area contributed by atoms with Crippen molar-refractivity contribution < 1.29 is 22.4 Å². The fourth-order valence-corrected chi connectivity index (χ4v) is 5.11. The second kappa shape index (κ2) is 6.50. The zero-order valence-corrected chi connectivity index (χ0v) is 15.4. The van der Waals surface area contributed by atoms with Crippen molar-refractivity contribution in [3.8, 4) is 0 Å². The number of amides is 1. The first-order chi connectivity index (χ1) is 12.9. The molecule has 1 aliphatic rings. The van der Waals surface area contributed by atoms with E-state index in [9.17, 15) is 22.4 Å². The highest BCUT2D eigenvalue weighted by Gasteiger charge is 2.32. The van der Waals surface area contributed by atoms with E-state index in [1.54, 1.807) is 24.3 Å². The van der Waals surface area contributed by atoms with Crippen molar-refractivity contribution in [2.75, 3.05) is 0 Å². The summed E-state index contributed by atoms with van der Waals surface area (Å²) in [6.07, 6.45) is 1.63. The van der Waals surface area contributed by atoms with E-state index in [2.05, 4.69) is 5.32 Å². The zero-order chi connectivity index (χ0) is 19.2. The lowest BCUT2D eigenvalue weighted by atomic mass is 10.1. The molecule has 9 heteroatoms. The van der Waals surface area contributed by atoms with Crippen LogP contribution in [0.25, 0.3) is 10.9 Å². The van der Waals surface area contributed by atoms with Crippen LogP contribution in [0.2, 0.25) is 0 Å². The number of rotatable bonds is 4. The van der Waals surface area contributed by atoms with Crippen LogP contribution < -0.4 is 5.32 Å². The summed E-state index contributed by atoms with van der Waals surface area (Å²) in [6.45, 7) is 0. The first kappa shape index (κ1) is 17.7. The molecule has 0 aliphatic carbocycles. The van der Waals surface area contributed by atoms with Crippen LogP contribution in [0, 0.1) is 5.82 Å². The number of halogens is 1. The summed E-state index contributed by atoms with van der Waals surface area (Å²) in [5, 5.41) is 2.54. The van der Waals surface area contributed by atoms with Crippen molar-refractivity contribution in [1.29, 1.82) is 0 Å². The van der Waals surface area contributed by atoms with Gasteiger partial charge in [-0.25, -0.2) is 16.8 Å². The molecular weight excluding hydrogens is 391 g/mol. The van der Waals surface area contributed by atoms with Crippen LogP contribution in [-0.4, -0.2) is 28.8 Å². The Morgan fingerprint density at radius 2 is 1.78 bits per heavy atom. The molecule has 1 aliphatic heterocycles. The van der Waals surface area contributed by atoms with Crippen molar-refractivity contribution in [3.63, 3.8) is 0 Å². The highest BCUT2D eigenvalue weighted by atomic mass is 32.2. The first-order valence-corrected chi connectivity index (χ1v) is 10.2. The summed E-state index contributed by atoms with van der Waals surface area (Å²) < 4.78 is 40.3. The van der Waals surface area contributed by atoms with E-state index in [0.29, 0.717) is 28.2 Å². The molecule has 1 amide bonds. The molecule has 4 rings (SSSR count). The van der Waals surface area contributed by atoms with Gasteiger partial charge in [-0.3, -0.25) is 9.59 Å². The number of fused-ring (bicyclic) bond motifs is 1. The second-order valence-electron chi connectivity index (χ2n) is 6.04. The molecule has 2 heterocycles. The lowest BCUT2D eigenvalue weighted by Crippen LogP contribution is -2.30. The van der Waals surface area contributed by atoms with Gasteiger partial charge in [-0.2, -0.15) is 0 Å². The Labute approximate surface area is 158 Å². The standard InChI is InChI=1S/C18H13FN2O4S2/c19-12-5-7-13(8-6-12)27(24,25)21-10-11(14-3-1-2-4-16(14)21)9-15-17(22)26-18(23)20-15/h1-8,10,15H,9H2,(H,20,23). The predicted molar refractivity (Wildman–Crippen MR) is 99.5 cm³/mol. The Morgan fingerprint density at radius 1 is 1.07 bits per heavy atom. The highest BCUT2D eigenvalue weighted by Crippen LogP contribution is 2.28. The average Bonchev–Trinajstić information content (AvgIpc) is 3.16. The maximum atomic E-state index is 13.2. The smallest absolute Gasteiger partial charge is 0.287 e. The van der Waals surface area contributed by atoms with Crippen LogP contribution in [0.5, 0.6) is 0 Å². The third kappa shape index (κ3) is 3.13. The second-order valence-corrected chi connectivity index (χ2v) is 8.83. The Kier molecular flexibility index (Phi) is 4.27. The predicted octanol–water partition coefficient (Wildman–Crippen LogP) is 2.91. The van der Waals surface area contributed by atoms with Crippen molar-refractivity contribution in [1.82, 2.24) is 9.29 Å². The fraction of sp³-hybridized carbons (Fsp3) is 0.111. The number of benzene rings is 2. The van der Waals surface area contributed by atoms with Crippen molar-refractivity contribution in [3.05, 3.63) is 66.1 Å². The van der Waals surface area contributed by atoms with Gasteiger partial charge in [0.15, 0.2) is 0 Å². The minimum atomic E-state index is -3.95. The van der Waals surface area contributed by atoms with Gasteiger partial charge in [0, 0.05) is 29.8 Å². The number of carbonyl (C=O) groups is 2. The molecule has 0 spiro atoms. The van der Waals surface area contributed by atoms with E-state index in [1.807, 2.05) is 0 Å². The van der Waals surface area contributed by atoms with E-state index >= 15 is 0 Å². The molecule has 1 aromatic heterocycles. The number of nitrogens with one attached hydrogen (secondary N) is 1. The highest BCUT2D eigenvalue weighted by molar-refractivity contribution is 8.26. The summed E-state index contributed by atoms with van der Waals surface area (Å²) in [5.74, 6) is -0.528. The first-order valence-electron chi connectivity index (χ1n) is 7.98. The molecule has 1 atom stereocenters. The number of carbonyl (C=O) groups excluding carboxylic acids is 2. The maximum absolute atomic E-state index is 13.2. The molecule has 6 nitrogen and oxygen atoms in total. The van der Waals surface area contributed by atoms with Crippen LogP contribution in [0.1, 0.15) is 5.56 Å². The molecule has 0 saturated carbocycles. The molecule has 138 valence electrons. The van der Waals surface area contributed by atoms with Gasteiger partial charge in [-0.05, 0) is 35.9 Å². The van der Waals surface area contributed by atoms with E-state index in [1.165, 1.54) is 18.3 Å². The third-order valence-corrected chi connectivity index (χ3v) is 6.80. The van der Waals surface area contributed by atoms with E-state index in [-0.39, 0.29) is 16.4 Å². The molecule has 1 fully saturated rings. The summed E-state index contributed by atoms with van der Waals surface area (Å²) >= 11 is 0.614. The van der Waals surface area contributed by atoms with Crippen molar-refractivity contribution in [2.24, 2.45) is 0 Å². The Balaban J connectivity index is 1.81. The molecule has 2 aromatic carbocycles. The minimum absolute atomic E-state index is 0.0444. The maximum Gasteiger partial charge on any atom is 0.287 e. The number of aromatic nitrogens is 1. The summed E-state index contributed by atoms with van der Waals surface area (Å²) in [7, 11) is -3.95. The normalized spacial score (nSPS) is 17.4. The van der Waals surface area contributed by atoms with E-state index < -0.39 is 27.1 Å². The number of hydrogen-bond acceptors (Lipinski definition) is 5. The minimum Gasteiger partial charge on any atom is -0.335 e. The van der Waals surface area contributed by atoms with Gasteiger partial charge >= 0.3 is 0 Å². The Morgan fingerprint density at radius 3 is 2.44 bits per heavy atom. The molecule has 3 aromatic rings. The fourth-order valence-electron chi connectivity index (χ4n) is 3.05. The van der Waals surface area contributed by atoms with Gasteiger partial charge in [0.1, 0.15) is 11.9 Å². The lowest BCUT2D eigenvalue weighted by Gasteiger charge is -2.07. The zero-order valence-electron chi connectivity index (χ0n) is 13.8. The monoisotopic (exact) mass is 404 g/mol. The van der Waals surface area contributed by atoms with E-state index in [4.69, 9.17) is 0 Å². The van der Waals surface area contributed by atoms with E-state index in [0.717, 1.165) is 16.1 Å². The lowest BCUT2D eigenvalue weighted by molar-refractivity contribution is -0.112. The third-order valence-electron chi connectivity index (χ3n) is 4.32. The molecule has 27 heavy (non-hydrogen) atoms. The van der Waals surface area contributed by atoms with Crippen LogP contribution in [-0.2, 0) is 21.2 Å². The topological polar surface area (TPSA) is 85.2 Å². The van der Waals surface area contributed by atoms with Gasteiger partial charge < -0.3 is 5.32 Å². The summed E-state index contributed by atoms with van der Waals surface area (Å²) in [6, 6.07) is 10.8. The number of para-hydroxylation sites is 1. The molecule has 1 saturated heterocycles. The van der Waals surface area contributed by atoms with Gasteiger partial charge in [-0.1, -0.05) is 18.2 Å². The quantitative estimate of drug-likeness (QED) is 0.723. The van der Waals surface area contributed by atoms with Crippen LogP contribution in [0.4, 0.5) is 9.18 Å². The van der Waals surface area contributed by atoms with Crippen LogP contribution in [0.15, 0.2) is 59.6 Å². The molecule has 0 radical (unpaired) electrons. The Bertz CT molecular complexity index is 1170. The van der Waals surface area contributed by atoms with Crippen molar-refractivity contribution in [2.45, 2.75) is 17.4 Å². The number of thioether (sulfide) groups is 1. The van der Waals surface area contributed by atoms with Gasteiger partial charge in [0.25, 0.3) is 15.3 Å². The van der Waals surface area contributed by atoms with Gasteiger partial charge in [-0.15, -0.1) is 0 Å². The molecule has 1 unspecified atom stereocenters. The molecule has 0 bridgehead atoms. The molecular formula is C18H13FN2O4S2. The largest absolute Gasteiger partial charge is 0.335 e. The summed E-state index contributed by atoms with van der Waals surface area (Å²) in [4.78, 5) is 23.3. The number of hydrogen-bond donors (Lipinski definition) is 1. The van der Waals surface area contributed by atoms with Crippen molar-refractivity contribution >= 4 is 43.0 Å². The number of nitrogens with zero attached hydrogens (tertiary/aromatic N) is 1. The van der Waals surface area contributed by atoms with Crippen LogP contribution >= 0.6 is 11.8 Å². The van der Waals surface area contributed by atoms with Gasteiger partial charge in [0.2, 0.25) is 5.12 Å².